The van der Waals surface area contributed by atoms with Crippen LogP contribution in [0.5, 0.6) is 5.75 Å². The molecule has 166 valence electrons. The zero-order valence-corrected chi connectivity index (χ0v) is 19.1. The van der Waals surface area contributed by atoms with Crippen LogP contribution in [0.1, 0.15) is 75.2 Å². The molecule has 0 bridgehead atoms. The van der Waals surface area contributed by atoms with Gasteiger partial charge in [-0.05, 0) is 64.7 Å². The Labute approximate surface area is 180 Å². The van der Waals surface area contributed by atoms with Crippen LogP contribution in [0, 0.1) is 6.92 Å². The summed E-state index contributed by atoms with van der Waals surface area (Å²) in [5.41, 5.74) is 2.24. The summed E-state index contributed by atoms with van der Waals surface area (Å²) in [7, 11) is 1.66. The highest BCUT2D eigenvalue weighted by molar-refractivity contribution is 6.03. The van der Waals surface area contributed by atoms with E-state index < -0.39 is 6.10 Å². The summed E-state index contributed by atoms with van der Waals surface area (Å²) in [6.45, 7) is 9.02. The monoisotopic (exact) mass is 416 g/mol. The lowest BCUT2D eigenvalue weighted by Gasteiger charge is -2.38. The lowest BCUT2D eigenvalue weighted by molar-refractivity contribution is -0.125. The van der Waals surface area contributed by atoms with E-state index in [1.807, 2.05) is 19.1 Å². The van der Waals surface area contributed by atoms with Crippen molar-refractivity contribution in [1.29, 1.82) is 0 Å². The second kappa shape index (κ2) is 9.82. The normalized spacial score (nSPS) is 19.6. The second-order valence-corrected chi connectivity index (χ2v) is 8.83. The van der Waals surface area contributed by atoms with Gasteiger partial charge < -0.3 is 19.3 Å². The Morgan fingerprint density at radius 3 is 2.60 bits per heavy atom. The third-order valence-corrected chi connectivity index (χ3v) is 6.23. The van der Waals surface area contributed by atoms with Gasteiger partial charge in [-0.3, -0.25) is 9.59 Å². The Bertz CT molecular complexity index is 771. The van der Waals surface area contributed by atoms with Crippen molar-refractivity contribution >= 4 is 17.5 Å². The maximum atomic E-state index is 13.7. The molecule has 0 aromatic heterocycles. The van der Waals surface area contributed by atoms with Crippen LogP contribution < -0.4 is 9.64 Å². The highest BCUT2D eigenvalue weighted by Crippen LogP contribution is 2.38. The van der Waals surface area contributed by atoms with Crippen LogP contribution in [0.2, 0.25) is 0 Å². The van der Waals surface area contributed by atoms with Crippen LogP contribution in [0.3, 0.4) is 0 Å². The molecule has 1 fully saturated rings. The van der Waals surface area contributed by atoms with E-state index in [1.165, 1.54) is 19.3 Å². The molecule has 0 N–H and O–H groups in total. The number of methoxy groups -OCH3 is 1. The average molecular weight is 417 g/mol. The topological polar surface area (TPSA) is 59.1 Å². The number of aryl methyl sites for hydroxylation is 1. The van der Waals surface area contributed by atoms with E-state index in [1.54, 1.807) is 18.9 Å². The minimum Gasteiger partial charge on any atom is -0.479 e. The molecule has 0 saturated heterocycles. The molecule has 1 saturated carbocycles. The first-order valence-electron chi connectivity index (χ1n) is 11.3. The van der Waals surface area contributed by atoms with E-state index >= 15 is 0 Å². The van der Waals surface area contributed by atoms with Gasteiger partial charge in [0.25, 0.3) is 11.8 Å². The molecule has 6 heteroatoms. The van der Waals surface area contributed by atoms with Gasteiger partial charge >= 0.3 is 0 Å². The fourth-order valence-electron chi connectivity index (χ4n) is 4.70. The molecule has 0 radical (unpaired) electrons. The number of amides is 2. The minimum atomic E-state index is -0.532. The summed E-state index contributed by atoms with van der Waals surface area (Å²) < 4.78 is 11.0. The van der Waals surface area contributed by atoms with E-state index in [2.05, 4.69) is 18.7 Å². The van der Waals surface area contributed by atoms with Gasteiger partial charge in [0.15, 0.2) is 6.10 Å². The molecular formula is C24H36N2O4. The first kappa shape index (κ1) is 22.6. The molecule has 3 rings (SSSR count). The average Bonchev–Trinajstić information content (AvgIpc) is 2.71. The molecular weight excluding hydrogens is 380 g/mol. The van der Waals surface area contributed by atoms with Crippen molar-refractivity contribution in [3.63, 3.8) is 0 Å². The van der Waals surface area contributed by atoms with E-state index in [0.717, 1.165) is 24.8 Å². The van der Waals surface area contributed by atoms with E-state index in [-0.39, 0.29) is 23.9 Å². The first-order chi connectivity index (χ1) is 14.3. The van der Waals surface area contributed by atoms with Crippen molar-refractivity contribution < 1.29 is 19.1 Å². The van der Waals surface area contributed by atoms with E-state index in [9.17, 15) is 9.59 Å². The predicted molar refractivity (Wildman–Crippen MR) is 118 cm³/mol. The number of ether oxygens (including phenoxy) is 2. The SMILES string of the molecule is COCCCN1C(=O)[C@@H](C)Oc2cc(C)c(C(=O)N(C(C)C)C3CCCCC3)cc21. The van der Waals surface area contributed by atoms with Gasteiger partial charge in [-0.1, -0.05) is 19.3 Å². The molecule has 1 aliphatic heterocycles. The van der Waals surface area contributed by atoms with Gasteiger partial charge in [-0.15, -0.1) is 0 Å². The molecule has 1 heterocycles. The summed E-state index contributed by atoms with van der Waals surface area (Å²) in [6.07, 6.45) is 5.94. The highest BCUT2D eigenvalue weighted by Gasteiger charge is 2.34. The van der Waals surface area contributed by atoms with Crippen LogP contribution in [0.25, 0.3) is 0 Å². The standard InChI is InChI=1S/C24H36N2O4/c1-16(2)26(19-10-7-6-8-11-19)24(28)20-15-21-22(14-17(20)3)30-18(4)23(27)25(21)12-9-13-29-5/h14-16,18-19H,6-13H2,1-5H3/t18-/m1/s1. The number of rotatable bonds is 7. The van der Waals surface area contributed by atoms with Gasteiger partial charge in [-0.25, -0.2) is 0 Å². The van der Waals surface area contributed by atoms with Gasteiger partial charge in [0, 0.05) is 37.9 Å². The number of nitrogens with zero attached hydrogens (tertiary/aromatic N) is 2. The van der Waals surface area contributed by atoms with E-state index in [4.69, 9.17) is 9.47 Å². The van der Waals surface area contributed by atoms with Crippen molar-refractivity contribution in [2.75, 3.05) is 25.2 Å². The minimum absolute atomic E-state index is 0.0557. The second-order valence-electron chi connectivity index (χ2n) is 8.83. The van der Waals surface area contributed by atoms with Crippen LogP contribution in [0.4, 0.5) is 5.69 Å². The third kappa shape index (κ3) is 4.64. The molecule has 0 spiro atoms. The Balaban J connectivity index is 1.95. The van der Waals surface area contributed by atoms with Crippen LogP contribution in [0.15, 0.2) is 12.1 Å². The summed E-state index contributed by atoms with van der Waals surface area (Å²) in [5, 5.41) is 0. The Morgan fingerprint density at radius 2 is 1.97 bits per heavy atom. The van der Waals surface area contributed by atoms with Gasteiger partial charge in [0.2, 0.25) is 0 Å². The number of carbonyl (C=O) groups excluding carboxylic acids is 2. The quantitative estimate of drug-likeness (QED) is 0.621. The molecule has 6 nitrogen and oxygen atoms in total. The van der Waals surface area contributed by atoms with Crippen LogP contribution in [-0.2, 0) is 9.53 Å². The molecule has 1 atom stereocenters. The number of anilines is 1. The fourth-order valence-corrected chi connectivity index (χ4v) is 4.70. The van der Waals surface area contributed by atoms with Gasteiger partial charge in [0.05, 0.1) is 5.69 Å². The zero-order valence-electron chi connectivity index (χ0n) is 19.1. The smallest absolute Gasteiger partial charge is 0.267 e. The van der Waals surface area contributed by atoms with Crippen molar-refractivity contribution in [3.05, 3.63) is 23.3 Å². The Hall–Kier alpha value is -2.08. The van der Waals surface area contributed by atoms with E-state index in [0.29, 0.717) is 30.2 Å². The molecule has 30 heavy (non-hydrogen) atoms. The molecule has 1 aliphatic carbocycles. The number of hydrogen-bond donors (Lipinski definition) is 0. The zero-order chi connectivity index (χ0) is 21.8. The summed E-state index contributed by atoms with van der Waals surface area (Å²) in [6, 6.07) is 4.19. The van der Waals surface area contributed by atoms with Gasteiger partial charge in [0.1, 0.15) is 5.75 Å². The fraction of sp³-hybridized carbons (Fsp3) is 0.667. The van der Waals surface area contributed by atoms with Gasteiger partial charge in [-0.2, -0.15) is 0 Å². The van der Waals surface area contributed by atoms with Crippen molar-refractivity contribution in [1.82, 2.24) is 4.90 Å². The lowest BCUT2D eigenvalue weighted by atomic mass is 9.92. The Morgan fingerprint density at radius 1 is 1.27 bits per heavy atom. The number of carbonyl (C=O) groups is 2. The van der Waals surface area contributed by atoms with Crippen LogP contribution >= 0.6 is 0 Å². The number of hydrogen-bond acceptors (Lipinski definition) is 4. The maximum Gasteiger partial charge on any atom is 0.267 e. The van der Waals surface area contributed by atoms with Crippen molar-refractivity contribution in [2.24, 2.45) is 0 Å². The lowest BCUT2D eigenvalue weighted by Crippen LogP contribution is -2.47. The maximum absolute atomic E-state index is 13.7. The van der Waals surface area contributed by atoms with Crippen molar-refractivity contribution in [3.8, 4) is 5.75 Å². The Kier molecular flexibility index (Phi) is 7.40. The molecule has 0 unspecified atom stereocenters. The third-order valence-electron chi connectivity index (χ3n) is 6.23. The summed E-state index contributed by atoms with van der Waals surface area (Å²) in [4.78, 5) is 30.3. The number of benzene rings is 1. The molecule has 1 aromatic carbocycles. The molecule has 2 aliphatic rings. The highest BCUT2D eigenvalue weighted by atomic mass is 16.5. The molecule has 2 amide bonds. The summed E-state index contributed by atoms with van der Waals surface area (Å²) >= 11 is 0. The predicted octanol–water partition coefficient (Wildman–Crippen LogP) is 4.33. The van der Waals surface area contributed by atoms with Crippen LogP contribution in [-0.4, -0.2) is 55.2 Å². The largest absolute Gasteiger partial charge is 0.479 e. The first-order valence-corrected chi connectivity index (χ1v) is 11.3. The number of fused-ring (bicyclic) bond motifs is 1. The molecule has 1 aromatic rings. The van der Waals surface area contributed by atoms with Crippen molar-refractivity contribution in [2.45, 2.75) is 84.4 Å². The summed E-state index contributed by atoms with van der Waals surface area (Å²) in [5.74, 6) is 0.649.